The van der Waals surface area contributed by atoms with E-state index in [4.69, 9.17) is 23.2 Å². The average molecular weight is 617 g/mol. The smallest absolute Gasteiger partial charge is 0.264 e. The van der Waals surface area contributed by atoms with Crippen LogP contribution in [0.5, 0.6) is 0 Å². The Labute approximate surface area is 252 Å². The van der Waals surface area contributed by atoms with E-state index in [-0.39, 0.29) is 39.1 Å². The number of carbonyl (C=O) groups excluding carboxylic acids is 2. The Morgan fingerprint density at radius 1 is 0.927 bits per heavy atom. The number of hydrogen-bond donors (Lipinski definition) is 1. The molecule has 1 aliphatic carbocycles. The van der Waals surface area contributed by atoms with Crippen LogP contribution in [0, 0.1) is 6.92 Å². The number of sulfonamides is 1. The predicted molar refractivity (Wildman–Crippen MR) is 164 cm³/mol. The molecule has 218 valence electrons. The van der Waals surface area contributed by atoms with E-state index >= 15 is 0 Å². The topological polar surface area (TPSA) is 86.8 Å². The molecule has 1 atom stereocenters. The van der Waals surface area contributed by atoms with Crippen LogP contribution in [-0.4, -0.2) is 43.8 Å². The highest BCUT2D eigenvalue weighted by molar-refractivity contribution is 7.92. The van der Waals surface area contributed by atoms with Gasteiger partial charge in [-0.25, -0.2) is 8.42 Å². The summed E-state index contributed by atoms with van der Waals surface area (Å²) in [5.74, 6) is -0.798. The molecule has 1 N–H and O–H groups in total. The van der Waals surface area contributed by atoms with Gasteiger partial charge in [0.05, 0.1) is 10.6 Å². The zero-order valence-corrected chi connectivity index (χ0v) is 25.6. The van der Waals surface area contributed by atoms with Crippen LogP contribution in [-0.2, 0) is 26.2 Å². The molecular weight excluding hydrogens is 581 g/mol. The number of nitrogens with zero attached hydrogens (tertiary/aromatic N) is 2. The van der Waals surface area contributed by atoms with Crippen LogP contribution in [0.25, 0.3) is 0 Å². The molecule has 0 spiro atoms. The fourth-order valence-corrected chi connectivity index (χ4v) is 6.91. The highest BCUT2D eigenvalue weighted by atomic mass is 35.5. The predicted octanol–water partition coefficient (Wildman–Crippen LogP) is 6.36. The molecule has 3 aromatic rings. The molecule has 3 aromatic carbocycles. The second kappa shape index (κ2) is 13.7. The van der Waals surface area contributed by atoms with Crippen LogP contribution in [0.3, 0.4) is 0 Å². The maximum atomic E-state index is 14.1. The molecule has 0 aliphatic heterocycles. The van der Waals surface area contributed by atoms with E-state index in [1.165, 1.54) is 35.2 Å². The second-order valence-corrected chi connectivity index (χ2v) is 13.2. The van der Waals surface area contributed by atoms with Crippen LogP contribution in [0.1, 0.15) is 50.2 Å². The number of hydrogen-bond acceptors (Lipinski definition) is 4. The summed E-state index contributed by atoms with van der Waals surface area (Å²) in [5, 5.41) is 3.56. The lowest BCUT2D eigenvalue weighted by molar-refractivity contribution is -0.139. The zero-order chi connectivity index (χ0) is 29.6. The van der Waals surface area contributed by atoms with Crippen molar-refractivity contribution >= 4 is 50.7 Å². The Kier molecular flexibility index (Phi) is 10.3. The maximum Gasteiger partial charge on any atom is 0.264 e. The molecule has 4 rings (SSSR count). The molecule has 0 aromatic heterocycles. The Bertz CT molecular complexity index is 1440. The van der Waals surface area contributed by atoms with Gasteiger partial charge in [-0.1, -0.05) is 90.5 Å². The lowest BCUT2D eigenvalue weighted by Crippen LogP contribution is -2.53. The van der Waals surface area contributed by atoms with Gasteiger partial charge in [0, 0.05) is 22.6 Å². The number of halogens is 2. The summed E-state index contributed by atoms with van der Waals surface area (Å²) in [6.45, 7) is 3.22. The molecule has 1 fully saturated rings. The van der Waals surface area contributed by atoms with Gasteiger partial charge in [-0.15, -0.1) is 0 Å². The number of rotatable bonds is 10. The third kappa shape index (κ3) is 8.03. The van der Waals surface area contributed by atoms with E-state index in [1.807, 2.05) is 31.2 Å². The summed E-state index contributed by atoms with van der Waals surface area (Å²) in [5.41, 5.74) is 2.03. The van der Waals surface area contributed by atoms with E-state index in [1.54, 1.807) is 25.1 Å². The molecule has 41 heavy (non-hydrogen) atoms. The zero-order valence-electron chi connectivity index (χ0n) is 23.2. The summed E-state index contributed by atoms with van der Waals surface area (Å²) in [6.07, 6.45) is 5.07. The molecule has 0 unspecified atom stereocenters. The first-order valence-corrected chi connectivity index (χ1v) is 15.9. The monoisotopic (exact) mass is 615 g/mol. The second-order valence-electron chi connectivity index (χ2n) is 10.5. The Morgan fingerprint density at radius 2 is 1.54 bits per heavy atom. The van der Waals surface area contributed by atoms with Gasteiger partial charge in [-0.3, -0.25) is 13.9 Å². The summed E-state index contributed by atoms with van der Waals surface area (Å²) in [4.78, 5) is 28.9. The maximum absolute atomic E-state index is 14.1. The highest BCUT2D eigenvalue weighted by Crippen LogP contribution is 2.30. The van der Waals surface area contributed by atoms with Crippen molar-refractivity contribution in [2.45, 2.75) is 69.5 Å². The quantitative estimate of drug-likeness (QED) is 0.287. The van der Waals surface area contributed by atoms with Crippen LogP contribution >= 0.6 is 23.2 Å². The number of benzene rings is 3. The van der Waals surface area contributed by atoms with Gasteiger partial charge in [-0.05, 0) is 62.6 Å². The molecule has 1 saturated carbocycles. The van der Waals surface area contributed by atoms with Crippen molar-refractivity contribution in [2.75, 3.05) is 10.8 Å². The first kappa shape index (κ1) is 30.9. The Balaban J connectivity index is 1.68. The summed E-state index contributed by atoms with van der Waals surface area (Å²) >= 11 is 12.5. The molecular formula is C31H35Cl2N3O4S. The summed E-state index contributed by atoms with van der Waals surface area (Å²) in [6, 6.07) is 19.1. The first-order valence-electron chi connectivity index (χ1n) is 13.7. The highest BCUT2D eigenvalue weighted by Gasteiger charge is 2.33. The van der Waals surface area contributed by atoms with Crippen molar-refractivity contribution in [1.29, 1.82) is 0 Å². The van der Waals surface area contributed by atoms with Gasteiger partial charge in [0.2, 0.25) is 11.8 Å². The van der Waals surface area contributed by atoms with Crippen LogP contribution < -0.4 is 9.62 Å². The van der Waals surface area contributed by atoms with Crippen molar-refractivity contribution in [3.8, 4) is 0 Å². The number of amides is 2. The first-order chi connectivity index (χ1) is 19.5. The van der Waals surface area contributed by atoms with Crippen LogP contribution in [0.4, 0.5) is 5.69 Å². The standard InChI is InChI=1S/C31H35Cl2N3O4S/c1-22-13-15-24(16-14-22)20-35(23(2)31(38)34-27-9-5-3-6-10-27)30(37)21-36(28-18-25(32)17-26(33)19-28)41(39,40)29-11-7-4-8-12-29/h4,7-8,11-19,23,27H,3,5-6,9-10,20-21H2,1-2H3,(H,34,38)/t23-/m0/s1. The minimum Gasteiger partial charge on any atom is -0.352 e. The molecule has 0 bridgehead atoms. The normalized spacial score (nSPS) is 14.7. The van der Waals surface area contributed by atoms with Crippen molar-refractivity contribution in [2.24, 2.45) is 0 Å². The van der Waals surface area contributed by atoms with Gasteiger partial charge in [0.1, 0.15) is 12.6 Å². The summed E-state index contributed by atoms with van der Waals surface area (Å²) in [7, 11) is -4.20. The molecule has 2 amide bonds. The summed E-state index contributed by atoms with van der Waals surface area (Å²) < 4.78 is 28.7. The minimum absolute atomic E-state index is 0.0112. The number of anilines is 1. The molecule has 1 aliphatic rings. The third-order valence-electron chi connectivity index (χ3n) is 7.34. The molecule has 10 heteroatoms. The average Bonchev–Trinajstić information content (AvgIpc) is 2.95. The van der Waals surface area contributed by atoms with Crippen LogP contribution in [0.15, 0.2) is 77.7 Å². The fourth-order valence-electron chi connectivity index (χ4n) is 4.97. The van der Waals surface area contributed by atoms with E-state index in [9.17, 15) is 18.0 Å². The van der Waals surface area contributed by atoms with Crippen molar-refractivity contribution in [3.63, 3.8) is 0 Å². The number of carbonyl (C=O) groups is 2. The van der Waals surface area contributed by atoms with Crippen molar-refractivity contribution in [1.82, 2.24) is 10.2 Å². The number of aryl methyl sites for hydroxylation is 1. The molecule has 0 saturated heterocycles. The molecule has 0 heterocycles. The van der Waals surface area contributed by atoms with Gasteiger partial charge in [0.15, 0.2) is 0 Å². The van der Waals surface area contributed by atoms with Crippen LogP contribution in [0.2, 0.25) is 10.0 Å². The molecule has 0 radical (unpaired) electrons. The Morgan fingerprint density at radius 3 is 2.15 bits per heavy atom. The number of nitrogens with one attached hydrogen (secondary N) is 1. The lowest BCUT2D eigenvalue weighted by Gasteiger charge is -2.33. The van der Waals surface area contributed by atoms with Gasteiger partial charge < -0.3 is 10.2 Å². The van der Waals surface area contributed by atoms with E-state index in [0.29, 0.717) is 0 Å². The Hall–Kier alpha value is -3.07. The SMILES string of the molecule is Cc1ccc(CN(C(=O)CN(c2cc(Cl)cc(Cl)c2)S(=O)(=O)c2ccccc2)[C@@H](C)C(=O)NC2CCCCC2)cc1. The van der Waals surface area contributed by atoms with E-state index < -0.39 is 28.5 Å². The van der Waals surface area contributed by atoms with Crippen molar-refractivity contribution < 1.29 is 18.0 Å². The van der Waals surface area contributed by atoms with Crippen molar-refractivity contribution in [3.05, 3.63) is 94.0 Å². The largest absolute Gasteiger partial charge is 0.352 e. The van der Waals surface area contributed by atoms with Gasteiger partial charge >= 0.3 is 0 Å². The third-order valence-corrected chi connectivity index (χ3v) is 9.56. The van der Waals surface area contributed by atoms with E-state index in [0.717, 1.165) is 47.5 Å². The fraction of sp³-hybridized carbons (Fsp3) is 0.355. The van der Waals surface area contributed by atoms with Gasteiger partial charge in [0.25, 0.3) is 10.0 Å². The minimum atomic E-state index is -4.20. The lowest BCUT2D eigenvalue weighted by atomic mass is 9.95. The van der Waals surface area contributed by atoms with Gasteiger partial charge in [-0.2, -0.15) is 0 Å². The van der Waals surface area contributed by atoms with E-state index in [2.05, 4.69) is 5.32 Å². The molecule has 7 nitrogen and oxygen atoms in total.